The molecule has 1 spiro atoms. The third-order valence-corrected chi connectivity index (χ3v) is 5.22. The zero-order valence-electron chi connectivity index (χ0n) is 14.6. The summed E-state index contributed by atoms with van der Waals surface area (Å²) in [6, 6.07) is 5.64. The van der Waals surface area contributed by atoms with Crippen molar-refractivity contribution < 1.29 is 18.7 Å². The standard InChI is InChI=1S/C18H24FN3O3/c1-21(2)17(24)22-11-15(18(12-22)7-9-25-10-8-18)16(23)20-14-5-3-13(19)4-6-14/h3-6,15H,7-12H2,1-2H3,(H,20,23). The van der Waals surface area contributed by atoms with E-state index in [0.717, 1.165) is 12.8 Å². The normalized spacial score (nSPS) is 22.0. The number of amides is 3. The van der Waals surface area contributed by atoms with Gasteiger partial charge in [0.05, 0.1) is 5.92 Å². The lowest BCUT2D eigenvalue weighted by Crippen LogP contribution is -2.42. The maximum atomic E-state index is 13.1. The Labute approximate surface area is 146 Å². The molecule has 2 aliphatic heterocycles. The van der Waals surface area contributed by atoms with Gasteiger partial charge in [0.1, 0.15) is 5.82 Å². The molecule has 0 aromatic heterocycles. The molecule has 3 amide bonds. The first-order valence-corrected chi connectivity index (χ1v) is 8.52. The van der Waals surface area contributed by atoms with Gasteiger partial charge in [0.2, 0.25) is 5.91 Å². The maximum absolute atomic E-state index is 13.1. The Morgan fingerprint density at radius 2 is 1.88 bits per heavy atom. The van der Waals surface area contributed by atoms with Crippen LogP contribution in [0, 0.1) is 17.2 Å². The molecule has 0 bridgehead atoms. The number of rotatable bonds is 2. The third-order valence-electron chi connectivity index (χ3n) is 5.22. The average Bonchev–Trinajstić information content (AvgIpc) is 2.95. The van der Waals surface area contributed by atoms with E-state index in [1.165, 1.54) is 17.0 Å². The molecule has 1 unspecified atom stereocenters. The van der Waals surface area contributed by atoms with Gasteiger partial charge in [0, 0.05) is 51.5 Å². The molecular formula is C18H24FN3O3. The quantitative estimate of drug-likeness (QED) is 0.890. The number of ether oxygens (including phenoxy) is 1. The number of benzene rings is 1. The van der Waals surface area contributed by atoms with Crippen LogP contribution >= 0.6 is 0 Å². The molecule has 3 rings (SSSR count). The zero-order chi connectivity index (χ0) is 18.0. The molecule has 2 saturated heterocycles. The Kier molecular flexibility index (Phi) is 4.94. The van der Waals surface area contributed by atoms with E-state index in [9.17, 15) is 14.0 Å². The van der Waals surface area contributed by atoms with E-state index in [0.29, 0.717) is 32.0 Å². The number of halogens is 1. The van der Waals surface area contributed by atoms with Gasteiger partial charge in [0.25, 0.3) is 0 Å². The minimum Gasteiger partial charge on any atom is -0.381 e. The number of urea groups is 1. The number of nitrogens with one attached hydrogen (secondary N) is 1. The van der Waals surface area contributed by atoms with Crippen molar-refractivity contribution in [2.24, 2.45) is 11.3 Å². The second-order valence-electron chi connectivity index (χ2n) is 7.08. The van der Waals surface area contributed by atoms with Gasteiger partial charge in [0.15, 0.2) is 0 Å². The molecule has 2 fully saturated rings. The highest BCUT2D eigenvalue weighted by atomic mass is 19.1. The number of carbonyl (C=O) groups excluding carboxylic acids is 2. The molecule has 1 aromatic carbocycles. The first-order valence-electron chi connectivity index (χ1n) is 8.52. The summed E-state index contributed by atoms with van der Waals surface area (Å²) in [7, 11) is 3.43. The van der Waals surface area contributed by atoms with Crippen LogP contribution in [0.3, 0.4) is 0 Å². The molecule has 1 N–H and O–H groups in total. The Morgan fingerprint density at radius 3 is 2.48 bits per heavy atom. The van der Waals surface area contributed by atoms with Crippen molar-refractivity contribution in [1.82, 2.24) is 9.80 Å². The Bertz CT molecular complexity index is 641. The summed E-state index contributed by atoms with van der Waals surface area (Å²) in [4.78, 5) is 28.6. The first-order chi connectivity index (χ1) is 11.9. The van der Waals surface area contributed by atoms with Gasteiger partial charge in [-0.05, 0) is 37.1 Å². The van der Waals surface area contributed by atoms with Gasteiger partial charge >= 0.3 is 6.03 Å². The van der Waals surface area contributed by atoms with Crippen molar-refractivity contribution >= 4 is 17.6 Å². The third kappa shape index (κ3) is 3.61. The molecule has 7 heteroatoms. The molecular weight excluding hydrogens is 325 g/mol. The van der Waals surface area contributed by atoms with Crippen molar-refractivity contribution in [3.63, 3.8) is 0 Å². The highest BCUT2D eigenvalue weighted by Gasteiger charge is 2.52. The highest BCUT2D eigenvalue weighted by molar-refractivity contribution is 5.94. The summed E-state index contributed by atoms with van der Waals surface area (Å²) in [5.74, 6) is -0.768. The number of hydrogen-bond donors (Lipinski definition) is 1. The van der Waals surface area contributed by atoms with Gasteiger partial charge < -0.3 is 19.9 Å². The van der Waals surface area contributed by atoms with Crippen LogP contribution in [0.15, 0.2) is 24.3 Å². The van der Waals surface area contributed by atoms with Crippen LogP contribution in [0.2, 0.25) is 0 Å². The van der Waals surface area contributed by atoms with E-state index >= 15 is 0 Å². The van der Waals surface area contributed by atoms with Gasteiger partial charge in [-0.1, -0.05) is 0 Å². The van der Waals surface area contributed by atoms with E-state index in [4.69, 9.17) is 4.74 Å². The number of nitrogens with zero attached hydrogens (tertiary/aromatic N) is 2. The van der Waals surface area contributed by atoms with Crippen LogP contribution in [0.25, 0.3) is 0 Å². The van der Waals surface area contributed by atoms with Gasteiger partial charge in [-0.3, -0.25) is 4.79 Å². The zero-order valence-corrected chi connectivity index (χ0v) is 14.6. The summed E-state index contributed by atoms with van der Waals surface area (Å²) < 4.78 is 18.5. The maximum Gasteiger partial charge on any atom is 0.319 e. The Hall–Kier alpha value is -2.15. The predicted octanol–water partition coefficient (Wildman–Crippen LogP) is 2.17. The first kappa shape index (κ1) is 17.7. The van der Waals surface area contributed by atoms with E-state index in [2.05, 4.69) is 5.32 Å². The number of likely N-dealkylation sites (tertiary alicyclic amines) is 1. The molecule has 0 radical (unpaired) electrons. The van der Waals surface area contributed by atoms with Crippen molar-refractivity contribution in [3.05, 3.63) is 30.1 Å². The monoisotopic (exact) mass is 349 g/mol. The van der Waals surface area contributed by atoms with Gasteiger partial charge in [-0.25, -0.2) is 9.18 Å². The van der Waals surface area contributed by atoms with Crippen molar-refractivity contribution in [2.75, 3.05) is 45.7 Å². The van der Waals surface area contributed by atoms with Crippen LogP contribution in [-0.4, -0.2) is 62.1 Å². The molecule has 2 aliphatic rings. The van der Waals surface area contributed by atoms with E-state index in [1.54, 1.807) is 31.1 Å². The molecule has 6 nitrogen and oxygen atoms in total. The minimum absolute atomic E-state index is 0.0806. The number of hydrogen-bond acceptors (Lipinski definition) is 3. The fourth-order valence-electron chi connectivity index (χ4n) is 3.81. The molecule has 25 heavy (non-hydrogen) atoms. The van der Waals surface area contributed by atoms with E-state index in [-0.39, 0.29) is 29.1 Å². The minimum atomic E-state index is -0.345. The predicted molar refractivity (Wildman–Crippen MR) is 91.7 cm³/mol. The molecule has 2 heterocycles. The van der Waals surface area contributed by atoms with Crippen LogP contribution < -0.4 is 5.32 Å². The lowest BCUT2D eigenvalue weighted by atomic mass is 9.71. The summed E-state index contributed by atoms with van der Waals surface area (Å²) in [6.45, 7) is 2.16. The van der Waals surface area contributed by atoms with Crippen LogP contribution in [0.4, 0.5) is 14.9 Å². The summed E-state index contributed by atoms with van der Waals surface area (Å²) in [5.41, 5.74) is 0.305. The second kappa shape index (κ2) is 7.00. The molecule has 1 aromatic rings. The fourth-order valence-corrected chi connectivity index (χ4v) is 3.81. The highest BCUT2D eigenvalue weighted by Crippen LogP contribution is 2.45. The van der Waals surface area contributed by atoms with Crippen molar-refractivity contribution in [1.29, 1.82) is 0 Å². The second-order valence-corrected chi connectivity index (χ2v) is 7.08. The molecule has 0 aliphatic carbocycles. The van der Waals surface area contributed by atoms with Crippen LogP contribution in [-0.2, 0) is 9.53 Å². The van der Waals surface area contributed by atoms with E-state index < -0.39 is 0 Å². The molecule has 136 valence electrons. The van der Waals surface area contributed by atoms with Crippen LogP contribution in [0.5, 0.6) is 0 Å². The number of carbonyl (C=O) groups is 2. The lowest BCUT2D eigenvalue weighted by Gasteiger charge is -2.37. The fraction of sp³-hybridized carbons (Fsp3) is 0.556. The summed E-state index contributed by atoms with van der Waals surface area (Å²) in [5, 5.41) is 2.87. The Morgan fingerprint density at radius 1 is 1.24 bits per heavy atom. The summed E-state index contributed by atoms with van der Waals surface area (Å²) >= 11 is 0. The van der Waals surface area contributed by atoms with Crippen LogP contribution in [0.1, 0.15) is 12.8 Å². The summed E-state index contributed by atoms with van der Waals surface area (Å²) in [6.07, 6.45) is 1.51. The molecule has 0 saturated carbocycles. The van der Waals surface area contributed by atoms with Gasteiger partial charge in [-0.15, -0.1) is 0 Å². The van der Waals surface area contributed by atoms with Crippen molar-refractivity contribution in [3.8, 4) is 0 Å². The lowest BCUT2D eigenvalue weighted by molar-refractivity contribution is -0.124. The number of anilines is 1. The molecule has 1 atom stereocenters. The SMILES string of the molecule is CN(C)C(=O)N1CC(C(=O)Nc2ccc(F)cc2)C2(CCOCC2)C1. The van der Waals surface area contributed by atoms with E-state index in [1.807, 2.05) is 0 Å². The largest absolute Gasteiger partial charge is 0.381 e. The van der Waals surface area contributed by atoms with Crippen molar-refractivity contribution in [2.45, 2.75) is 12.8 Å². The average molecular weight is 349 g/mol. The smallest absolute Gasteiger partial charge is 0.319 e. The topological polar surface area (TPSA) is 61.9 Å². The van der Waals surface area contributed by atoms with Gasteiger partial charge in [-0.2, -0.15) is 0 Å². The Balaban J connectivity index is 1.79.